The second kappa shape index (κ2) is 6.68. The third-order valence-electron chi connectivity index (χ3n) is 3.00. The lowest BCUT2D eigenvalue weighted by Gasteiger charge is -2.22. The Hall–Kier alpha value is -1.39. The van der Waals surface area contributed by atoms with E-state index >= 15 is 0 Å². The summed E-state index contributed by atoms with van der Waals surface area (Å²) in [6.07, 6.45) is 1.57. The van der Waals surface area contributed by atoms with Gasteiger partial charge < -0.3 is 16.0 Å². The molecule has 0 fully saturated rings. The number of nitrogens with two attached hydrogens (primary N) is 1. The van der Waals surface area contributed by atoms with Gasteiger partial charge in [0.05, 0.1) is 5.54 Å². The van der Waals surface area contributed by atoms with Gasteiger partial charge in [-0.05, 0) is 45.1 Å². The molecule has 0 saturated carbocycles. The van der Waals surface area contributed by atoms with Crippen molar-refractivity contribution in [1.82, 2.24) is 4.90 Å². The molecular weight excluding hydrogens is 238 g/mol. The molecule has 1 aromatic rings. The summed E-state index contributed by atoms with van der Waals surface area (Å²) in [5.74, 6) is -0.130. The lowest BCUT2D eigenvalue weighted by molar-refractivity contribution is -0.120. The number of nitrogens with one attached hydrogen (secondary N) is 1. The molecule has 0 aliphatic heterocycles. The fourth-order valence-corrected chi connectivity index (χ4v) is 1.97. The van der Waals surface area contributed by atoms with E-state index < -0.39 is 5.54 Å². The average molecular weight is 263 g/mol. The van der Waals surface area contributed by atoms with Crippen molar-refractivity contribution in [1.29, 1.82) is 0 Å². The lowest BCUT2D eigenvalue weighted by atomic mass is 9.96. The van der Waals surface area contributed by atoms with Crippen LogP contribution in [0.3, 0.4) is 0 Å². The van der Waals surface area contributed by atoms with Crippen molar-refractivity contribution >= 4 is 11.6 Å². The van der Waals surface area contributed by atoms with Crippen LogP contribution in [-0.2, 0) is 11.3 Å². The average Bonchev–Trinajstić information content (AvgIpc) is 2.30. The number of benzene rings is 1. The van der Waals surface area contributed by atoms with E-state index in [1.54, 1.807) is 6.92 Å². The molecule has 0 radical (unpaired) electrons. The zero-order valence-electron chi connectivity index (χ0n) is 12.4. The maximum absolute atomic E-state index is 12.0. The number of amides is 1. The highest BCUT2D eigenvalue weighted by Crippen LogP contribution is 2.15. The molecule has 0 heterocycles. The summed E-state index contributed by atoms with van der Waals surface area (Å²) >= 11 is 0. The second-order valence-corrected chi connectivity index (χ2v) is 5.56. The third-order valence-corrected chi connectivity index (χ3v) is 3.00. The van der Waals surface area contributed by atoms with Gasteiger partial charge in [-0.15, -0.1) is 0 Å². The van der Waals surface area contributed by atoms with E-state index in [1.165, 1.54) is 5.56 Å². The molecule has 0 bridgehead atoms. The highest BCUT2D eigenvalue weighted by atomic mass is 16.2. The van der Waals surface area contributed by atoms with Crippen LogP contribution in [-0.4, -0.2) is 30.4 Å². The minimum Gasteiger partial charge on any atom is -0.325 e. The van der Waals surface area contributed by atoms with Crippen molar-refractivity contribution in [3.63, 3.8) is 0 Å². The Labute approximate surface area is 116 Å². The van der Waals surface area contributed by atoms with Crippen LogP contribution >= 0.6 is 0 Å². The van der Waals surface area contributed by atoms with Gasteiger partial charge in [-0.1, -0.05) is 25.5 Å². The number of hydrogen-bond donors (Lipinski definition) is 2. The molecule has 0 aromatic heterocycles. The van der Waals surface area contributed by atoms with Crippen molar-refractivity contribution in [2.24, 2.45) is 5.73 Å². The minimum absolute atomic E-state index is 0.130. The van der Waals surface area contributed by atoms with Crippen LogP contribution in [0, 0.1) is 0 Å². The number of carbonyl (C=O) groups excluding carboxylic acids is 1. The fraction of sp³-hybridized carbons (Fsp3) is 0.533. The summed E-state index contributed by atoms with van der Waals surface area (Å²) < 4.78 is 0. The van der Waals surface area contributed by atoms with Crippen LogP contribution in [0.4, 0.5) is 5.69 Å². The zero-order valence-corrected chi connectivity index (χ0v) is 12.4. The van der Waals surface area contributed by atoms with Crippen LogP contribution in [0.1, 0.15) is 32.3 Å². The topological polar surface area (TPSA) is 58.4 Å². The van der Waals surface area contributed by atoms with Gasteiger partial charge in [-0.2, -0.15) is 0 Å². The maximum atomic E-state index is 12.0. The molecule has 4 heteroatoms. The smallest absolute Gasteiger partial charge is 0.244 e. The van der Waals surface area contributed by atoms with E-state index in [0.717, 1.165) is 18.7 Å². The SMILES string of the molecule is CCCC(C)(N)C(=O)Nc1ccc(CN(C)C)cc1. The number of nitrogens with zero attached hydrogens (tertiary/aromatic N) is 1. The third kappa shape index (κ3) is 5.01. The van der Waals surface area contributed by atoms with Gasteiger partial charge in [-0.25, -0.2) is 0 Å². The largest absolute Gasteiger partial charge is 0.325 e. The first-order chi connectivity index (χ1) is 8.85. The van der Waals surface area contributed by atoms with Gasteiger partial charge in [-0.3, -0.25) is 4.79 Å². The Balaban J connectivity index is 2.65. The van der Waals surface area contributed by atoms with Crippen LogP contribution < -0.4 is 11.1 Å². The van der Waals surface area contributed by atoms with Crippen LogP contribution in [0.5, 0.6) is 0 Å². The van der Waals surface area contributed by atoms with Gasteiger partial charge in [0.2, 0.25) is 5.91 Å². The van der Waals surface area contributed by atoms with Gasteiger partial charge in [0.1, 0.15) is 0 Å². The van der Waals surface area contributed by atoms with Crippen LogP contribution in [0.2, 0.25) is 0 Å². The first kappa shape index (κ1) is 15.7. The molecule has 3 N–H and O–H groups in total. The van der Waals surface area contributed by atoms with Crippen molar-refractivity contribution in [3.8, 4) is 0 Å². The van der Waals surface area contributed by atoms with Gasteiger partial charge in [0.25, 0.3) is 0 Å². The monoisotopic (exact) mass is 263 g/mol. The van der Waals surface area contributed by atoms with Gasteiger partial charge in [0, 0.05) is 12.2 Å². The summed E-state index contributed by atoms with van der Waals surface area (Å²) in [7, 11) is 4.06. The van der Waals surface area contributed by atoms with Crippen molar-refractivity contribution in [2.45, 2.75) is 38.8 Å². The predicted octanol–water partition coefficient (Wildman–Crippen LogP) is 2.20. The van der Waals surface area contributed by atoms with Gasteiger partial charge in [0.15, 0.2) is 0 Å². The molecule has 19 heavy (non-hydrogen) atoms. The number of anilines is 1. The minimum atomic E-state index is -0.808. The van der Waals surface area contributed by atoms with Crippen molar-refractivity contribution in [3.05, 3.63) is 29.8 Å². The highest BCUT2D eigenvalue weighted by Gasteiger charge is 2.26. The molecule has 1 atom stereocenters. The lowest BCUT2D eigenvalue weighted by Crippen LogP contribution is -2.48. The van der Waals surface area contributed by atoms with E-state index in [0.29, 0.717) is 6.42 Å². The van der Waals surface area contributed by atoms with Crippen molar-refractivity contribution < 1.29 is 4.79 Å². The molecule has 106 valence electrons. The summed E-state index contributed by atoms with van der Waals surface area (Å²) in [5, 5.41) is 2.87. The molecule has 0 spiro atoms. The normalized spacial score (nSPS) is 14.2. The molecule has 0 aliphatic carbocycles. The molecule has 1 aromatic carbocycles. The quantitative estimate of drug-likeness (QED) is 0.827. The van der Waals surface area contributed by atoms with E-state index in [1.807, 2.05) is 45.3 Å². The molecule has 0 saturated heterocycles. The zero-order chi connectivity index (χ0) is 14.5. The summed E-state index contributed by atoms with van der Waals surface area (Å²) in [5.41, 5.74) is 7.19. The van der Waals surface area contributed by atoms with Crippen molar-refractivity contribution in [2.75, 3.05) is 19.4 Å². The van der Waals surface area contributed by atoms with Crippen LogP contribution in [0.15, 0.2) is 24.3 Å². The molecule has 1 rings (SSSR count). The van der Waals surface area contributed by atoms with E-state index in [-0.39, 0.29) is 5.91 Å². The van der Waals surface area contributed by atoms with Gasteiger partial charge >= 0.3 is 0 Å². The molecule has 4 nitrogen and oxygen atoms in total. The predicted molar refractivity (Wildman–Crippen MR) is 80.0 cm³/mol. The highest BCUT2D eigenvalue weighted by molar-refractivity contribution is 5.97. The second-order valence-electron chi connectivity index (χ2n) is 5.56. The maximum Gasteiger partial charge on any atom is 0.244 e. The first-order valence-electron chi connectivity index (χ1n) is 6.69. The van der Waals surface area contributed by atoms with E-state index in [2.05, 4.69) is 10.2 Å². The molecule has 0 aliphatic rings. The molecular formula is C15H25N3O. The Morgan fingerprint density at radius 3 is 2.37 bits per heavy atom. The summed E-state index contributed by atoms with van der Waals surface area (Å²) in [6, 6.07) is 7.87. The number of rotatable bonds is 6. The fourth-order valence-electron chi connectivity index (χ4n) is 1.97. The van der Waals surface area contributed by atoms with E-state index in [9.17, 15) is 4.79 Å². The number of hydrogen-bond acceptors (Lipinski definition) is 3. The number of carbonyl (C=O) groups is 1. The summed E-state index contributed by atoms with van der Waals surface area (Å²) in [6.45, 7) is 4.68. The Morgan fingerprint density at radius 2 is 1.89 bits per heavy atom. The van der Waals surface area contributed by atoms with Crippen LogP contribution in [0.25, 0.3) is 0 Å². The standard InChI is InChI=1S/C15H25N3O/c1-5-10-15(2,16)14(19)17-13-8-6-12(7-9-13)11-18(3)4/h6-9H,5,10-11,16H2,1-4H3,(H,17,19). The Morgan fingerprint density at radius 1 is 1.32 bits per heavy atom. The molecule has 1 amide bonds. The first-order valence-corrected chi connectivity index (χ1v) is 6.69. The summed E-state index contributed by atoms with van der Waals surface area (Å²) in [4.78, 5) is 14.1. The Bertz CT molecular complexity index is 410. The Kier molecular flexibility index (Phi) is 5.51. The molecule has 1 unspecified atom stereocenters. The van der Waals surface area contributed by atoms with E-state index in [4.69, 9.17) is 5.73 Å².